The lowest BCUT2D eigenvalue weighted by Crippen LogP contribution is -2.26. The summed E-state index contributed by atoms with van der Waals surface area (Å²) in [6.45, 7) is 0.261. The minimum absolute atomic E-state index is 0.143. The number of ether oxygens (including phenoxy) is 2. The van der Waals surface area contributed by atoms with Gasteiger partial charge in [-0.15, -0.1) is 0 Å². The molecule has 0 saturated carbocycles. The molecule has 1 rings (SSSR count). The van der Waals surface area contributed by atoms with Crippen molar-refractivity contribution in [2.24, 2.45) is 0 Å². The fourth-order valence-electron chi connectivity index (χ4n) is 0.794. The summed E-state index contributed by atoms with van der Waals surface area (Å²) in [5, 5.41) is 19.2. The maximum Gasteiger partial charge on any atom is 0.342 e. The van der Waals surface area contributed by atoms with Gasteiger partial charge in [-0.25, -0.2) is 4.79 Å². The molecule has 0 aromatic heterocycles. The fraction of sp³-hybridized carbons (Fsp3) is 0.667. The first-order valence-electron chi connectivity index (χ1n) is 5.02. The van der Waals surface area contributed by atoms with Crippen molar-refractivity contribution in [1.82, 2.24) is 0 Å². The summed E-state index contributed by atoms with van der Waals surface area (Å²) in [7, 11) is 0. The number of carboxylic acid groups (broad SMARTS) is 2. The van der Waals surface area contributed by atoms with Crippen LogP contribution >= 0.6 is 0 Å². The second kappa shape index (κ2) is 10.1. The van der Waals surface area contributed by atoms with Gasteiger partial charge in [0.05, 0.1) is 13.0 Å². The number of hydrogen-bond acceptors (Lipinski definition) is 9. The molecule has 0 bridgehead atoms. The van der Waals surface area contributed by atoms with E-state index in [1.165, 1.54) is 0 Å². The Bertz CT molecular complexity index is 251. The highest BCUT2D eigenvalue weighted by atomic mass is 17.2. The Balaban J connectivity index is 0.000000351. The van der Waals surface area contributed by atoms with Crippen LogP contribution in [0.25, 0.3) is 0 Å². The van der Waals surface area contributed by atoms with Crippen LogP contribution in [0.1, 0.15) is 19.3 Å². The summed E-state index contributed by atoms with van der Waals surface area (Å²) in [6.07, 6.45) is -1.84. The van der Waals surface area contributed by atoms with Crippen molar-refractivity contribution >= 4 is 18.3 Å². The molecule has 0 atom stereocenters. The molecule has 0 N–H and O–H groups in total. The molecule has 9 heteroatoms. The molecular weight excluding hydrogens is 252 g/mol. The lowest BCUT2D eigenvalue weighted by Gasteiger charge is -2.10. The van der Waals surface area contributed by atoms with Crippen LogP contribution in [0.3, 0.4) is 0 Å². The largest absolute Gasteiger partial charge is 0.550 e. The standard InChI is InChI=1S/C5H8O6.C4H6O3/c6-4(7)10-2-1-3-11-5(8)9;5-4-2-1-3-6-7-4/h1-3H2,(H,6,7)(H,8,9);1-3H2/p-2. The number of hydrogen-bond donors (Lipinski definition) is 0. The molecule has 1 heterocycles. The zero-order valence-corrected chi connectivity index (χ0v) is 9.42. The monoisotopic (exact) mass is 264 g/mol. The first-order chi connectivity index (χ1) is 8.52. The van der Waals surface area contributed by atoms with Gasteiger partial charge in [-0.2, -0.15) is 4.89 Å². The summed E-state index contributed by atoms with van der Waals surface area (Å²) in [5.74, 6) is -0.258. The molecule has 0 amide bonds. The average Bonchev–Trinajstić information content (AvgIpc) is 2.29. The van der Waals surface area contributed by atoms with Gasteiger partial charge in [0.1, 0.15) is 0 Å². The highest BCUT2D eigenvalue weighted by molar-refractivity contribution is 5.68. The molecule has 0 spiro atoms. The van der Waals surface area contributed by atoms with E-state index in [9.17, 15) is 24.6 Å². The van der Waals surface area contributed by atoms with Gasteiger partial charge in [-0.1, -0.05) is 0 Å². The lowest BCUT2D eigenvalue weighted by atomic mass is 10.3. The quantitative estimate of drug-likeness (QED) is 0.332. The lowest BCUT2D eigenvalue weighted by molar-refractivity contribution is -0.285. The van der Waals surface area contributed by atoms with Crippen LogP contribution in [0.4, 0.5) is 9.59 Å². The van der Waals surface area contributed by atoms with Crippen LogP contribution < -0.4 is 10.2 Å². The fourth-order valence-corrected chi connectivity index (χ4v) is 0.794. The molecule has 0 aliphatic carbocycles. The molecule has 1 aliphatic rings. The van der Waals surface area contributed by atoms with Crippen molar-refractivity contribution in [1.29, 1.82) is 0 Å². The van der Waals surface area contributed by atoms with Crippen LogP contribution in [0, 0.1) is 0 Å². The van der Waals surface area contributed by atoms with Gasteiger partial charge in [-0.05, 0) is 12.8 Å². The first-order valence-corrected chi connectivity index (χ1v) is 5.02. The van der Waals surface area contributed by atoms with Crippen molar-refractivity contribution < 1.29 is 43.8 Å². The van der Waals surface area contributed by atoms with Gasteiger partial charge in [0.15, 0.2) is 0 Å². The topological polar surface area (TPSA) is 134 Å². The van der Waals surface area contributed by atoms with E-state index in [4.69, 9.17) is 0 Å². The van der Waals surface area contributed by atoms with Gasteiger partial charge in [-0.3, -0.25) is 4.89 Å². The Labute approximate surface area is 102 Å². The van der Waals surface area contributed by atoms with Gasteiger partial charge < -0.3 is 29.3 Å². The maximum atomic E-state index is 10.1. The molecule has 9 nitrogen and oxygen atoms in total. The zero-order chi connectivity index (χ0) is 13.8. The molecule has 104 valence electrons. The summed E-state index contributed by atoms with van der Waals surface area (Å²) in [5.41, 5.74) is 0. The van der Waals surface area contributed by atoms with E-state index in [1.54, 1.807) is 0 Å². The van der Waals surface area contributed by atoms with Gasteiger partial charge in [0.2, 0.25) is 0 Å². The van der Waals surface area contributed by atoms with E-state index in [1.807, 2.05) is 0 Å². The molecule has 0 unspecified atom stereocenters. The molecule has 1 aliphatic heterocycles. The predicted octanol–water partition coefficient (Wildman–Crippen LogP) is -1.65. The summed E-state index contributed by atoms with van der Waals surface area (Å²) < 4.78 is 7.87. The van der Waals surface area contributed by atoms with Crippen LogP contribution in [0.15, 0.2) is 0 Å². The Morgan fingerprint density at radius 1 is 1.17 bits per heavy atom. The summed E-state index contributed by atoms with van der Waals surface area (Å²) >= 11 is 0. The second-order valence-corrected chi connectivity index (χ2v) is 2.93. The van der Waals surface area contributed by atoms with E-state index in [2.05, 4.69) is 19.2 Å². The van der Waals surface area contributed by atoms with E-state index in [-0.39, 0.29) is 25.6 Å². The minimum Gasteiger partial charge on any atom is -0.550 e. The van der Waals surface area contributed by atoms with Crippen LogP contribution in [-0.4, -0.2) is 38.1 Å². The minimum atomic E-state index is -1.64. The van der Waals surface area contributed by atoms with Crippen molar-refractivity contribution in [3.05, 3.63) is 0 Å². The average molecular weight is 264 g/mol. The predicted molar refractivity (Wildman–Crippen MR) is 48.6 cm³/mol. The smallest absolute Gasteiger partial charge is 0.342 e. The number of carbonyl (C=O) groups is 3. The highest BCUT2D eigenvalue weighted by Gasteiger charge is 2.08. The van der Waals surface area contributed by atoms with Gasteiger partial charge in [0, 0.05) is 13.2 Å². The molecule has 0 radical (unpaired) electrons. The highest BCUT2D eigenvalue weighted by Crippen LogP contribution is 2.00. The van der Waals surface area contributed by atoms with Crippen molar-refractivity contribution in [2.45, 2.75) is 19.3 Å². The zero-order valence-electron chi connectivity index (χ0n) is 9.42. The Morgan fingerprint density at radius 3 is 2.00 bits per heavy atom. The third-order valence-corrected chi connectivity index (χ3v) is 1.49. The van der Waals surface area contributed by atoms with E-state index < -0.39 is 12.3 Å². The van der Waals surface area contributed by atoms with E-state index in [0.717, 1.165) is 6.42 Å². The second-order valence-electron chi connectivity index (χ2n) is 2.93. The van der Waals surface area contributed by atoms with Crippen LogP contribution in [-0.2, 0) is 24.0 Å². The molecular formula is C9H12O9-2. The SMILES string of the molecule is O=C([O-])OCCCOC(=O)[O-].O=C1CCCOO1. The summed E-state index contributed by atoms with van der Waals surface area (Å²) in [6, 6.07) is 0. The maximum absolute atomic E-state index is 10.1. The molecule has 18 heavy (non-hydrogen) atoms. The normalized spacial score (nSPS) is 13.7. The van der Waals surface area contributed by atoms with Crippen molar-refractivity contribution in [3.8, 4) is 0 Å². The third-order valence-electron chi connectivity index (χ3n) is 1.49. The Morgan fingerprint density at radius 2 is 1.72 bits per heavy atom. The van der Waals surface area contributed by atoms with Gasteiger partial charge in [0.25, 0.3) is 12.3 Å². The third kappa shape index (κ3) is 12.0. The van der Waals surface area contributed by atoms with Crippen molar-refractivity contribution in [2.75, 3.05) is 19.8 Å². The Kier molecular flexibility index (Phi) is 9.00. The van der Waals surface area contributed by atoms with Crippen LogP contribution in [0.2, 0.25) is 0 Å². The first kappa shape index (κ1) is 16.0. The molecule has 1 saturated heterocycles. The number of carbonyl (C=O) groups excluding carboxylic acids is 3. The summed E-state index contributed by atoms with van der Waals surface area (Å²) in [4.78, 5) is 37.8. The Hall–Kier alpha value is -2.03. The van der Waals surface area contributed by atoms with Crippen molar-refractivity contribution in [3.63, 3.8) is 0 Å². The molecule has 1 fully saturated rings. The van der Waals surface area contributed by atoms with E-state index >= 15 is 0 Å². The van der Waals surface area contributed by atoms with Crippen LogP contribution in [0.5, 0.6) is 0 Å². The molecule has 0 aromatic carbocycles. The van der Waals surface area contributed by atoms with Gasteiger partial charge >= 0.3 is 5.97 Å². The number of rotatable bonds is 4. The molecule has 0 aromatic rings. The van der Waals surface area contributed by atoms with E-state index in [0.29, 0.717) is 13.0 Å².